The molecule has 2 fully saturated rings. The molecule has 0 aliphatic heterocycles. The number of alkyl halides is 2. The molecule has 1 nitrogen and oxygen atoms in total. The molecular formula is C25H31F2N. The number of benzene rings is 2. The van der Waals surface area contributed by atoms with Crippen LogP contribution in [0.25, 0.3) is 0 Å². The van der Waals surface area contributed by atoms with Gasteiger partial charge in [0.25, 0.3) is 0 Å². The second-order valence-corrected chi connectivity index (χ2v) is 8.92. The summed E-state index contributed by atoms with van der Waals surface area (Å²) in [6.45, 7) is 6.26. The molecule has 0 radical (unpaired) electrons. The van der Waals surface area contributed by atoms with Gasteiger partial charge >= 0.3 is 0 Å². The fourth-order valence-electron chi connectivity index (χ4n) is 4.25. The van der Waals surface area contributed by atoms with Gasteiger partial charge in [0, 0.05) is 12.6 Å². The first kappa shape index (κ1) is 19.6. The maximum absolute atomic E-state index is 15.0. The Balaban J connectivity index is 1.48. The maximum atomic E-state index is 15.0. The molecule has 2 aliphatic carbocycles. The molecule has 2 saturated carbocycles. The maximum Gasteiger partial charge on any atom is 0.136 e. The van der Waals surface area contributed by atoms with Gasteiger partial charge in [0.15, 0.2) is 0 Å². The Kier molecular flexibility index (Phi) is 5.30. The number of rotatable bonds is 9. The van der Waals surface area contributed by atoms with E-state index < -0.39 is 11.3 Å². The second-order valence-electron chi connectivity index (χ2n) is 8.92. The molecule has 3 heteroatoms. The van der Waals surface area contributed by atoms with E-state index in [4.69, 9.17) is 0 Å². The van der Waals surface area contributed by atoms with Gasteiger partial charge in [0.1, 0.15) is 11.3 Å². The third-order valence-electron chi connectivity index (χ3n) is 6.35. The smallest absolute Gasteiger partial charge is 0.136 e. The van der Waals surface area contributed by atoms with Crippen LogP contribution in [-0.2, 0) is 24.3 Å². The van der Waals surface area contributed by atoms with Crippen LogP contribution >= 0.6 is 0 Å². The van der Waals surface area contributed by atoms with Crippen molar-refractivity contribution in [3.05, 3.63) is 70.8 Å². The summed E-state index contributed by atoms with van der Waals surface area (Å²) in [4.78, 5) is 2.45. The Morgan fingerprint density at radius 3 is 1.93 bits per heavy atom. The molecule has 28 heavy (non-hydrogen) atoms. The van der Waals surface area contributed by atoms with Crippen LogP contribution in [-0.4, -0.2) is 17.5 Å². The normalized spacial score (nSPS) is 19.2. The minimum atomic E-state index is -1.21. The van der Waals surface area contributed by atoms with Crippen molar-refractivity contribution in [2.45, 2.75) is 76.3 Å². The first-order chi connectivity index (χ1) is 13.4. The summed E-state index contributed by atoms with van der Waals surface area (Å²) in [6.07, 6.45) is 3.98. The van der Waals surface area contributed by atoms with Crippen molar-refractivity contribution in [1.82, 2.24) is 4.90 Å². The fourth-order valence-corrected chi connectivity index (χ4v) is 4.25. The summed E-state index contributed by atoms with van der Waals surface area (Å²) in [6, 6.07) is 16.6. The Hall–Kier alpha value is -1.74. The van der Waals surface area contributed by atoms with Crippen LogP contribution in [0.1, 0.15) is 68.2 Å². The van der Waals surface area contributed by atoms with E-state index in [0.717, 1.165) is 42.6 Å². The second kappa shape index (κ2) is 7.59. The highest BCUT2D eigenvalue weighted by molar-refractivity contribution is 5.46. The third-order valence-corrected chi connectivity index (χ3v) is 6.35. The molecule has 0 saturated heterocycles. The van der Waals surface area contributed by atoms with Gasteiger partial charge in [0.2, 0.25) is 0 Å². The zero-order chi connectivity index (χ0) is 19.8. The standard InChI is InChI=1S/C25H31F2N/c1-19(2)28(18-20-8-4-3-5-9-20)17-7-10-21-22(24(26)13-14-24)11-6-12-23(21)25(27)15-16-25/h3-6,8-9,11-12,19H,7,10,13-18H2,1-2H3. The van der Waals surface area contributed by atoms with Crippen LogP contribution in [0.3, 0.4) is 0 Å². The minimum absolute atomic E-state index is 0.432. The molecule has 0 unspecified atom stereocenters. The van der Waals surface area contributed by atoms with Gasteiger partial charge in [-0.15, -0.1) is 0 Å². The third kappa shape index (κ3) is 4.15. The molecule has 150 valence electrons. The van der Waals surface area contributed by atoms with Gasteiger partial charge in [-0.1, -0.05) is 48.5 Å². The van der Waals surface area contributed by atoms with E-state index in [9.17, 15) is 8.78 Å². The van der Waals surface area contributed by atoms with Gasteiger partial charge < -0.3 is 0 Å². The average Bonchev–Trinajstić information content (AvgIpc) is 3.61. The average molecular weight is 384 g/mol. The summed E-state index contributed by atoms with van der Waals surface area (Å²) in [5, 5.41) is 0. The highest BCUT2D eigenvalue weighted by Crippen LogP contribution is 2.55. The van der Waals surface area contributed by atoms with Gasteiger partial charge in [-0.25, -0.2) is 8.78 Å². The lowest BCUT2D eigenvalue weighted by Gasteiger charge is -2.27. The van der Waals surface area contributed by atoms with Crippen LogP contribution in [0.4, 0.5) is 8.78 Å². The molecule has 0 atom stereocenters. The summed E-state index contributed by atoms with van der Waals surface area (Å²) in [5.74, 6) is 0. The van der Waals surface area contributed by atoms with E-state index in [1.807, 2.05) is 24.3 Å². The lowest BCUT2D eigenvalue weighted by Crippen LogP contribution is -2.31. The van der Waals surface area contributed by atoms with Crippen molar-refractivity contribution >= 4 is 0 Å². The van der Waals surface area contributed by atoms with Crippen molar-refractivity contribution in [2.24, 2.45) is 0 Å². The summed E-state index contributed by atoms with van der Waals surface area (Å²) in [5.41, 5.74) is 1.35. The van der Waals surface area contributed by atoms with E-state index in [-0.39, 0.29) is 0 Å². The fraction of sp³-hybridized carbons (Fsp3) is 0.520. The van der Waals surface area contributed by atoms with Gasteiger partial charge in [-0.3, -0.25) is 4.90 Å². The Morgan fingerprint density at radius 1 is 0.857 bits per heavy atom. The van der Waals surface area contributed by atoms with Crippen molar-refractivity contribution in [3.63, 3.8) is 0 Å². The molecule has 0 N–H and O–H groups in total. The van der Waals surface area contributed by atoms with Crippen molar-refractivity contribution in [2.75, 3.05) is 6.54 Å². The first-order valence-electron chi connectivity index (χ1n) is 10.7. The number of nitrogens with zero attached hydrogens (tertiary/aromatic N) is 1. The summed E-state index contributed by atoms with van der Waals surface area (Å²) < 4.78 is 29.9. The number of halogens is 2. The van der Waals surface area contributed by atoms with Crippen molar-refractivity contribution < 1.29 is 8.78 Å². The van der Waals surface area contributed by atoms with Crippen LogP contribution in [0.15, 0.2) is 48.5 Å². The summed E-state index contributed by atoms with van der Waals surface area (Å²) >= 11 is 0. The van der Waals surface area contributed by atoms with Crippen LogP contribution in [0.5, 0.6) is 0 Å². The summed E-state index contributed by atoms with van der Waals surface area (Å²) in [7, 11) is 0. The van der Waals surface area contributed by atoms with Gasteiger partial charge in [0.05, 0.1) is 0 Å². The largest absolute Gasteiger partial charge is 0.297 e. The van der Waals surface area contributed by atoms with E-state index in [0.29, 0.717) is 31.7 Å². The molecular weight excluding hydrogens is 352 g/mol. The number of hydrogen-bond donors (Lipinski definition) is 0. The van der Waals surface area contributed by atoms with Crippen molar-refractivity contribution in [3.8, 4) is 0 Å². The molecule has 2 aromatic carbocycles. The van der Waals surface area contributed by atoms with E-state index >= 15 is 0 Å². The molecule has 0 bridgehead atoms. The molecule has 2 aromatic rings. The molecule has 0 heterocycles. The highest BCUT2D eigenvalue weighted by Gasteiger charge is 2.50. The molecule has 0 spiro atoms. The highest BCUT2D eigenvalue weighted by atomic mass is 19.1. The van der Waals surface area contributed by atoms with E-state index in [1.54, 1.807) is 0 Å². The topological polar surface area (TPSA) is 3.24 Å². The Bertz CT molecular complexity index is 770. The molecule has 2 aliphatic rings. The predicted molar refractivity (Wildman–Crippen MR) is 111 cm³/mol. The molecule has 0 amide bonds. The predicted octanol–water partition coefficient (Wildman–Crippen LogP) is 6.45. The minimum Gasteiger partial charge on any atom is -0.297 e. The van der Waals surface area contributed by atoms with E-state index in [1.165, 1.54) is 5.56 Å². The quantitative estimate of drug-likeness (QED) is 0.481. The van der Waals surface area contributed by atoms with Crippen LogP contribution in [0, 0.1) is 0 Å². The first-order valence-corrected chi connectivity index (χ1v) is 10.7. The zero-order valence-corrected chi connectivity index (χ0v) is 17.1. The lowest BCUT2D eigenvalue weighted by molar-refractivity contribution is 0.209. The van der Waals surface area contributed by atoms with Crippen LogP contribution < -0.4 is 0 Å². The van der Waals surface area contributed by atoms with Crippen molar-refractivity contribution in [1.29, 1.82) is 0 Å². The Labute approximate surface area is 167 Å². The van der Waals surface area contributed by atoms with E-state index in [2.05, 4.69) is 43.0 Å². The Morgan fingerprint density at radius 2 is 1.43 bits per heavy atom. The zero-order valence-electron chi connectivity index (χ0n) is 17.1. The number of hydrogen-bond acceptors (Lipinski definition) is 1. The molecule has 0 aromatic heterocycles. The lowest BCUT2D eigenvalue weighted by atomic mass is 9.90. The van der Waals surface area contributed by atoms with Gasteiger partial charge in [-0.05, 0) is 81.2 Å². The molecule has 4 rings (SSSR count). The monoisotopic (exact) mass is 383 g/mol. The SMILES string of the molecule is CC(C)N(CCCc1c(C2(F)CC2)cccc1C1(F)CC1)Cc1ccccc1. The van der Waals surface area contributed by atoms with Gasteiger partial charge in [-0.2, -0.15) is 0 Å². The van der Waals surface area contributed by atoms with Crippen LogP contribution in [0.2, 0.25) is 0 Å².